The topological polar surface area (TPSA) is 53.5 Å². The molecular formula is C23H26ClN3O2. The third-order valence-corrected chi connectivity index (χ3v) is 6.02. The second-order valence-corrected chi connectivity index (χ2v) is 8.45. The molecule has 5 nitrogen and oxygen atoms in total. The number of amides is 2. The Balaban J connectivity index is 1.50. The summed E-state index contributed by atoms with van der Waals surface area (Å²) in [6, 6.07) is 12.3. The standard InChI is InChI=1S/C23H26ClN3O2/c1-16-12-18(13-17-6-8-19(24)9-7-17)14-20(25-16)21-4-2-10-26(21)15-23(29)27-11-3-5-22(27)28/h6-9,12,14,21H,2-5,10-11,13,15H2,1H3. The summed E-state index contributed by atoms with van der Waals surface area (Å²) in [5.41, 5.74) is 4.42. The van der Waals surface area contributed by atoms with Crippen LogP contribution in [-0.4, -0.2) is 46.2 Å². The fourth-order valence-corrected chi connectivity index (χ4v) is 4.53. The van der Waals surface area contributed by atoms with Crippen LogP contribution >= 0.6 is 11.6 Å². The predicted octanol–water partition coefficient (Wildman–Crippen LogP) is 3.92. The molecule has 1 aromatic carbocycles. The van der Waals surface area contributed by atoms with Gasteiger partial charge in [-0.1, -0.05) is 23.7 Å². The van der Waals surface area contributed by atoms with Crippen LogP contribution in [0.25, 0.3) is 0 Å². The number of benzene rings is 1. The van der Waals surface area contributed by atoms with E-state index in [1.54, 1.807) is 0 Å². The van der Waals surface area contributed by atoms with Gasteiger partial charge in [-0.2, -0.15) is 0 Å². The van der Waals surface area contributed by atoms with Crippen molar-refractivity contribution in [3.05, 3.63) is 63.9 Å². The molecule has 1 unspecified atom stereocenters. The lowest BCUT2D eigenvalue weighted by atomic mass is 10.0. The molecule has 0 spiro atoms. The Kier molecular flexibility index (Phi) is 5.97. The smallest absolute Gasteiger partial charge is 0.243 e. The lowest BCUT2D eigenvalue weighted by molar-refractivity contribution is -0.142. The molecule has 2 fully saturated rings. The molecule has 2 saturated heterocycles. The summed E-state index contributed by atoms with van der Waals surface area (Å²) in [7, 11) is 0. The van der Waals surface area contributed by atoms with Crippen LogP contribution in [0.3, 0.4) is 0 Å². The first kappa shape index (κ1) is 20.0. The first-order valence-electron chi connectivity index (χ1n) is 10.3. The molecule has 3 heterocycles. The zero-order valence-corrected chi connectivity index (χ0v) is 17.5. The highest BCUT2D eigenvalue weighted by atomic mass is 35.5. The highest BCUT2D eigenvalue weighted by Gasteiger charge is 2.33. The number of rotatable bonds is 5. The fraction of sp³-hybridized carbons (Fsp3) is 0.435. The number of aryl methyl sites for hydroxylation is 1. The van der Waals surface area contributed by atoms with Crippen LogP contribution in [0.1, 0.15) is 54.2 Å². The molecule has 152 valence electrons. The average molecular weight is 412 g/mol. The van der Waals surface area contributed by atoms with Gasteiger partial charge in [-0.05, 0) is 74.5 Å². The van der Waals surface area contributed by atoms with Gasteiger partial charge in [-0.25, -0.2) is 0 Å². The van der Waals surface area contributed by atoms with Crippen molar-refractivity contribution in [1.82, 2.24) is 14.8 Å². The number of hydrogen-bond donors (Lipinski definition) is 0. The minimum absolute atomic E-state index is 0.0373. The summed E-state index contributed by atoms with van der Waals surface area (Å²) in [5.74, 6) is -0.113. The largest absolute Gasteiger partial charge is 0.286 e. The second kappa shape index (κ2) is 8.64. The highest BCUT2D eigenvalue weighted by Crippen LogP contribution is 2.32. The molecule has 4 rings (SSSR count). The van der Waals surface area contributed by atoms with E-state index in [9.17, 15) is 9.59 Å². The maximum atomic E-state index is 12.6. The maximum Gasteiger partial charge on any atom is 0.243 e. The summed E-state index contributed by atoms with van der Waals surface area (Å²) >= 11 is 6.00. The number of carbonyl (C=O) groups excluding carboxylic acids is 2. The van der Waals surface area contributed by atoms with Crippen molar-refractivity contribution in [2.24, 2.45) is 0 Å². The van der Waals surface area contributed by atoms with E-state index in [1.165, 1.54) is 16.0 Å². The van der Waals surface area contributed by atoms with Crippen molar-refractivity contribution in [3.8, 4) is 0 Å². The minimum atomic E-state index is -0.0755. The zero-order chi connectivity index (χ0) is 20.4. The molecule has 1 aromatic heterocycles. The molecule has 2 aliphatic heterocycles. The Morgan fingerprint density at radius 2 is 1.93 bits per heavy atom. The molecule has 0 radical (unpaired) electrons. The van der Waals surface area contributed by atoms with E-state index in [4.69, 9.17) is 16.6 Å². The van der Waals surface area contributed by atoms with Gasteiger partial charge in [-0.3, -0.25) is 24.4 Å². The van der Waals surface area contributed by atoms with E-state index >= 15 is 0 Å². The van der Waals surface area contributed by atoms with E-state index in [0.717, 1.165) is 48.6 Å². The number of likely N-dealkylation sites (tertiary alicyclic amines) is 2. The predicted molar refractivity (Wildman–Crippen MR) is 113 cm³/mol. The van der Waals surface area contributed by atoms with E-state index in [1.807, 2.05) is 31.2 Å². The van der Waals surface area contributed by atoms with E-state index in [2.05, 4.69) is 17.0 Å². The Morgan fingerprint density at radius 1 is 1.14 bits per heavy atom. The summed E-state index contributed by atoms with van der Waals surface area (Å²) in [4.78, 5) is 32.9. The minimum Gasteiger partial charge on any atom is -0.286 e. The average Bonchev–Trinajstić information content (AvgIpc) is 3.32. The third-order valence-electron chi connectivity index (χ3n) is 5.77. The number of imide groups is 1. The monoisotopic (exact) mass is 411 g/mol. The van der Waals surface area contributed by atoms with Crippen LogP contribution in [0.5, 0.6) is 0 Å². The van der Waals surface area contributed by atoms with Crippen molar-refractivity contribution >= 4 is 23.4 Å². The van der Waals surface area contributed by atoms with Gasteiger partial charge in [-0.15, -0.1) is 0 Å². The van der Waals surface area contributed by atoms with Crippen LogP contribution in [-0.2, 0) is 16.0 Å². The Hall–Kier alpha value is -2.24. The third kappa shape index (κ3) is 4.68. The molecule has 0 N–H and O–H groups in total. The van der Waals surface area contributed by atoms with Crippen molar-refractivity contribution in [2.45, 2.75) is 45.1 Å². The van der Waals surface area contributed by atoms with E-state index in [-0.39, 0.29) is 17.9 Å². The Morgan fingerprint density at radius 3 is 2.66 bits per heavy atom. The molecule has 2 aromatic rings. The van der Waals surface area contributed by atoms with Crippen molar-refractivity contribution in [2.75, 3.05) is 19.6 Å². The van der Waals surface area contributed by atoms with Crippen LogP contribution in [0.2, 0.25) is 5.02 Å². The second-order valence-electron chi connectivity index (χ2n) is 8.02. The van der Waals surface area contributed by atoms with E-state index < -0.39 is 0 Å². The van der Waals surface area contributed by atoms with Gasteiger partial charge in [0.05, 0.1) is 18.3 Å². The molecule has 2 amide bonds. The maximum absolute atomic E-state index is 12.6. The lowest BCUT2D eigenvalue weighted by Crippen LogP contribution is -2.40. The molecule has 29 heavy (non-hydrogen) atoms. The van der Waals surface area contributed by atoms with Gasteiger partial charge >= 0.3 is 0 Å². The number of carbonyl (C=O) groups is 2. The Labute approximate surface area is 176 Å². The number of hydrogen-bond acceptors (Lipinski definition) is 4. The molecular weight excluding hydrogens is 386 g/mol. The van der Waals surface area contributed by atoms with Crippen molar-refractivity contribution in [3.63, 3.8) is 0 Å². The van der Waals surface area contributed by atoms with Crippen molar-refractivity contribution < 1.29 is 9.59 Å². The van der Waals surface area contributed by atoms with Gasteiger partial charge in [0.25, 0.3) is 0 Å². The van der Waals surface area contributed by atoms with Gasteiger partial charge in [0.15, 0.2) is 0 Å². The summed E-state index contributed by atoms with van der Waals surface area (Å²) in [5, 5.41) is 0.739. The summed E-state index contributed by atoms with van der Waals surface area (Å²) in [6.07, 6.45) is 4.11. The molecule has 0 saturated carbocycles. The Bertz CT molecular complexity index is 913. The van der Waals surface area contributed by atoms with Crippen LogP contribution in [0.4, 0.5) is 0 Å². The van der Waals surface area contributed by atoms with Gasteiger partial charge in [0.1, 0.15) is 0 Å². The fourth-order valence-electron chi connectivity index (χ4n) is 4.40. The molecule has 0 aliphatic carbocycles. The molecule has 2 aliphatic rings. The number of halogens is 1. The SMILES string of the molecule is Cc1cc(Cc2ccc(Cl)cc2)cc(C2CCCN2CC(=O)N2CCCC2=O)n1. The van der Waals surface area contributed by atoms with Crippen LogP contribution in [0, 0.1) is 6.92 Å². The molecule has 1 atom stereocenters. The van der Waals surface area contributed by atoms with Crippen LogP contribution in [0.15, 0.2) is 36.4 Å². The van der Waals surface area contributed by atoms with Gasteiger partial charge in [0, 0.05) is 23.7 Å². The highest BCUT2D eigenvalue weighted by molar-refractivity contribution is 6.30. The van der Waals surface area contributed by atoms with Gasteiger partial charge in [0.2, 0.25) is 11.8 Å². The summed E-state index contributed by atoms with van der Waals surface area (Å²) < 4.78 is 0. The van der Waals surface area contributed by atoms with Crippen LogP contribution < -0.4 is 0 Å². The number of aromatic nitrogens is 1. The first-order valence-corrected chi connectivity index (χ1v) is 10.7. The number of pyridine rings is 1. The van der Waals surface area contributed by atoms with Crippen molar-refractivity contribution in [1.29, 1.82) is 0 Å². The normalized spacial score (nSPS) is 19.9. The molecule has 6 heteroatoms. The first-order chi connectivity index (χ1) is 14.0. The quantitative estimate of drug-likeness (QED) is 0.748. The van der Waals surface area contributed by atoms with E-state index in [0.29, 0.717) is 19.5 Å². The molecule has 0 bridgehead atoms. The lowest BCUT2D eigenvalue weighted by Gasteiger charge is -2.26. The number of nitrogens with zero attached hydrogens (tertiary/aromatic N) is 3. The zero-order valence-electron chi connectivity index (χ0n) is 16.7. The summed E-state index contributed by atoms with van der Waals surface area (Å²) in [6.45, 7) is 3.73. The van der Waals surface area contributed by atoms with Gasteiger partial charge < -0.3 is 0 Å².